The number of nitrogens with two attached hydrogens (primary N) is 1. The molecule has 0 aliphatic carbocycles. The molecule has 0 unspecified atom stereocenters. The number of carbonyl (C=O) groups is 1. The van der Waals surface area contributed by atoms with Gasteiger partial charge in [0, 0.05) is 11.6 Å². The van der Waals surface area contributed by atoms with Gasteiger partial charge in [0.05, 0.1) is 5.92 Å². The zero-order valence-electron chi connectivity index (χ0n) is 8.92. The Morgan fingerprint density at radius 3 is 2.00 bits per heavy atom. The second-order valence-corrected chi connectivity index (χ2v) is 6.43. The summed E-state index contributed by atoms with van der Waals surface area (Å²) in [6.07, 6.45) is 0.275. The first-order valence-electron chi connectivity index (χ1n) is 4.80. The SMILES string of the molecule is C[C@@H](N)C[C@H](C[C@H](C)[Si](O)(O)O)C(=O)O. The average molecular weight is 237 g/mol. The van der Waals surface area contributed by atoms with Crippen molar-refractivity contribution in [1.29, 1.82) is 0 Å². The van der Waals surface area contributed by atoms with Gasteiger partial charge in [0.25, 0.3) is 0 Å². The molecule has 0 aliphatic heterocycles. The van der Waals surface area contributed by atoms with Gasteiger partial charge >= 0.3 is 14.8 Å². The van der Waals surface area contributed by atoms with Crippen molar-refractivity contribution in [3.8, 4) is 0 Å². The van der Waals surface area contributed by atoms with Gasteiger partial charge in [-0.05, 0) is 19.8 Å². The van der Waals surface area contributed by atoms with Crippen molar-refractivity contribution in [2.45, 2.75) is 38.3 Å². The van der Waals surface area contributed by atoms with Gasteiger partial charge in [0.15, 0.2) is 0 Å². The average Bonchev–Trinajstić information content (AvgIpc) is 1.99. The standard InChI is InChI=1S/C8H19NO5Si/c1-5(9)3-7(8(10)11)4-6(2)15(12,13)14/h5-7,12-14H,3-4,9H2,1-2H3,(H,10,11)/t5-,6+,7-/m1/s1. The molecule has 15 heavy (non-hydrogen) atoms. The van der Waals surface area contributed by atoms with Gasteiger partial charge < -0.3 is 25.2 Å². The third kappa shape index (κ3) is 5.85. The molecule has 0 saturated heterocycles. The van der Waals surface area contributed by atoms with Crippen LogP contribution in [0.1, 0.15) is 26.7 Å². The molecule has 90 valence electrons. The smallest absolute Gasteiger partial charge is 0.481 e. The quantitative estimate of drug-likeness (QED) is 0.382. The third-order valence-corrected chi connectivity index (χ3v) is 3.86. The van der Waals surface area contributed by atoms with E-state index in [9.17, 15) is 4.79 Å². The Hall–Kier alpha value is -0.473. The van der Waals surface area contributed by atoms with Crippen LogP contribution in [0.25, 0.3) is 0 Å². The summed E-state index contributed by atoms with van der Waals surface area (Å²) in [5, 5.41) is 8.85. The van der Waals surface area contributed by atoms with Crippen molar-refractivity contribution in [2.75, 3.05) is 0 Å². The molecule has 0 saturated carbocycles. The number of hydrogen-bond donors (Lipinski definition) is 5. The van der Waals surface area contributed by atoms with E-state index < -0.39 is 26.2 Å². The van der Waals surface area contributed by atoms with Crippen LogP contribution >= 0.6 is 0 Å². The maximum absolute atomic E-state index is 10.8. The summed E-state index contributed by atoms with van der Waals surface area (Å²) in [6.45, 7) is 3.10. The van der Waals surface area contributed by atoms with E-state index in [1.165, 1.54) is 6.92 Å². The minimum atomic E-state index is -4.22. The maximum atomic E-state index is 10.8. The van der Waals surface area contributed by atoms with E-state index >= 15 is 0 Å². The zero-order chi connectivity index (χ0) is 12.2. The Morgan fingerprint density at radius 1 is 1.27 bits per heavy atom. The number of carboxylic acid groups (broad SMARTS) is 1. The summed E-state index contributed by atoms with van der Waals surface area (Å²) in [5.41, 5.74) is 4.67. The third-order valence-electron chi connectivity index (χ3n) is 2.30. The molecule has 0 bridgehead atoms. The summed E-state index contributed by atoms with van der Waals surface area (Å²) in [4.78, 5) is 37.7. The highest BCUT2D eigenvalue weighted by Gasteiger charge is 2.38. The first kappa shape index (κ1) is 14.5. The molecule has 6 N–H and O–H groups in total. The van der Waals surface area contributed by atoms with Crippen LogP contribution in [0.15, 0.2) is 0 Å². The normalized spacial score (nSPS) is 18.3. The molecule has 0 radical (unpaired) electrons. The van der Waals surface area contributed by atoms with Gasteiger partial charge in [-0.15, -0.1) is 0 Å². The fourth-order valence-corrected chi connectivity index (χ4v) is 1.93. The molecular formula is C8H19NO5Si. The van der Waals surface area contributed by atoms with E-state index in [-0.39, 0.29) is 18.9 Å². The molecule has 0 spiro atoms. The van der Waals surface area contributed by atoms with Crippen molar-refractivity contribution in [3.05, 3.63) is 0 Å². The number of carboxylic acids is 1. The molecule has 0 amide bonds. The Labute approximate surface area is 89.7 Å². The zero-order valence-corrected chi connectivity index (χ0v) is 9.92. The highest BCUT2D eigenvalue weighted by molar-refractivity contribution is 6.57. The largest absolute Gasteiger partial charge is 0.495 e. The van der Waals surface area contributed by atoms with Crippen molar-refractivity contribution >= 4 is 14.8 Å². The first-order chi connectivity index (χ1) is 6.64. The Morgan fingerprint density at radius 2 is 1.73 bits per heavy atom. The lowest BCUT2D eigenvalue weighted by atomic mass is 9.96. The van der Waals surface area contributed by atoms with Gasteiger partial charge in [-0.3, -0.25) is 4.79 Å². The van der Waals surface area contributed by atoms with Gasteiger partial charge in [0.2, 0.25) is 0 Å². The summed E-state index contributed by atoms with van der Waals surface area (Å²) >= 11 is 0. The fraction of sp³-hybridized carbons (Fsp3) is 0.875. The molecule has 0 fully saturated rings. The van der Waals surface area contributed by atoms with Crippen LogP contribution in [0.2, 0.25) is 5.54 Å². The van der Waals surface area contributed by atoms with Gasteiger partial charge in [-0.1, -0.05) is 6.92 Å². The Balaban J connectivity index is 4.36. The van der Waals surface area contributed by atoms with E-state index in [2.05, 4.69) is 0 Å². The minimum Gasteiger partial charge on any atom is -0.481 e. The van der Waals surface area contributed by atoms with E-state index in [4.69, 9.17) is 25.2 Å². The number of rotatable bonds is 6. The van der Waals surface area contributed by atoms with Gasteiger partial charge in [0.1, 0.15) is 0 Å². The van der Waals surface area contributed by atoms with Gasteiger partial charge in [-0.2, -0.15) is 0 Å². The van der Waals surface area contributed by atoms with E-state index in [1.54, 1.807) is 6.92 Å². The molecule has 0 aromatic heterocycles. The van der Waals surface area contributed by atoms with Gasteiger partial charge in [-0.25, -0.2) is 0 Å². The van der Waals surface area contributed by atoms with Crippen molar-refractivity contribution in [2.24, 2.45) is 11.7 Å². The van der Waals surface area contributed by atoms with E-state index in [0.717, 1.165) is 0 Å². The van der Waals surface area contributed by atoms with Crippen LogP contribution in [0.3, 0.4) is 0 Å². The first-order valence-corrected chi connectivity index (χ1v) is 6.72. The monoisotopic (exact) mass is 237 g/mol. The van der Waals surface area contributed by atoms with Crippen LogP contribution in [-0.2, 0) is 4.79 Å². The molecular weight excluding hydrogens is 218 g/mol. The highest BCUT2D eigenvalue weighted by Crippen LogP contribution is 2.25. The van der Waals surface area contributed by atoms with Crippen molar-refractivity contribution in [3.63, 3.8) is 0 Å². The second-order valence-electron chi connectivity index (χ2n) is 4.07. The highest BCUT2D eigenvalue weighted by atomic mass is 28.4. The molecule has 3 atom stereocenters. The summed E-state index contributed by atoms with van der Waals surface area (Å²) in [7, 11) is -4.22. The van der Waals surface area contributed by atoms with E-state index in [1.807, 2.05) is 0 Å². The van der Waals surface area contributed by atoms with Crippen molar-refractivity contribution in [1.82, 2.24) is 0 Å². The van der Waals surface area contributed by atoms with Crippen LogP contribution < -0.4 is 5.73 Å². The molecule has 0 aromatic carbocycles. The maximum Gasteiger partial charge on any atom is 0.495 e. The minimum absolute atomic E-state index is 0.0204. The number of aliphatic carboxylic acids is 1. The molecule has 6 nitrogen and oxygen atoms in total. The predicted octanol–water partition coefficient (Wildman–Crippen LogP) is -0.879. The van der Waals surface area contributed by atoms with Crippen LogP contribution in [0.5, 0.6) is 0 Å². The molecule has 0 aliphatic rings. The lowest BCUT2D eigenvalue weighted by Crippen LogP contribution is -2.41. The topological polar surface area (TPSA) is 124 Å². The lowest BCUT2D eigenvalue weighted by molar-refractivity contribution is -0.142. The van der Waals surface area contributed by atoms with Crippen LogP contribution in [0.4, 0.5) is 0 Å². The van der Waals surface area contributed by atoms with Crippen molar-refractivity contribution < 1.29 is 24.3 Å². The molecule has 0 aromatic rings. The summed E-state index contributed by atoms with van der Waals surface area (Å²) in [6, 6.07) is -0.273. The molecule has 0 heterocycles. The summed E-state index contributed by atoms with van der Waals surface area (Å²) in [5.74, 6) is -1.78. The second kappa shape index (κ2) is 5.57. The Kier molecular flexibility index (Phi) is 5.39. The predicted molar refractivity (Wildman–Crippen MR) is 55.8 cm³/mol. The Bertz CT molecular complexity index is 216. The molecule has 7 heteroatoms. The summed E-state index contributed by atoms with van der Waals surface area (Å²) < 4.78 is 0. The van der Waals surface area contributed by atoms with E-state index in [0.29, 0.717) is 0 Å². The number of hydrogen-bond acceptors (Lipinski definition) is 5. The molecule has 0 rings (SSSR count). The fourth-order valence-electron chi connectivity index (χ4n) is 1.33. The van der Waals surface area contributed by atoms with Crippen LogP contribution in [-0.4, -0.2) is 40.3 Å². The lowest BCUT2D eigenvalue weighted by Gasteiger charge is -2.22. The van der Waals surface area contributed by atoms with Crippen LogP contribution in [0, 0.1) is 5.92 Å².